The maximum Gasteiger partial charge on any atom is 0.242 e. The van der Waals surface area contributed by atoms with E-state index in [0.29, 0.717) is 0 Å². The standard InChI is InChI=1S/C17H28N2O/c1-4-6-9-13-18-17(20)14(3)19-16-12-8-7-11-15(16)10-5-2/h7-8,11-12,14,19H,4-6,9-10,13H2,1-3H3,(H,18,20). The molecule has 0 radical (unpaired) electrons. The van der Waals surface area contributed by atoms with Gasteiger partial charge in [0.2, 0.25) is 5.91 Å². The lowest BCUT2D eigenvalue weighted by Gasteiger charge is -2.17. The first-order valence-corrected chi connectivity index (χ1v) is 7.81. The van der Waals surface area contributed by atoms with E-state index in [0.717, 1.165) is 31.5 Å². The highest BCUT2D eigenvalue weighted by Crippen LogP contribution is 2.17. The van der Waals surface area contributed by atoms with Gasteiger partial charge in [-0.05, 0) is 31.4 Å². The monoisotopic (exact) mass is 276 g/mol. The molecular formula is C17H28N2O. The molecule has 0 aliphatic heterocycles. The largest absolute Gasteiger partial charge is 0.374 e. The van der Waals surface area contributed by atoms with Crippen molar-refractivity contribution in [1.29, 1.82) is 0 Å². The predicted molar refractivity (Wildman–Crippen MR) is 86.1 cm³/mol. The van der Waals surface area contributed by atoms with Gasteiger partial charge in [0.15, 0.2) is 0 Å². The first-order chi connectivity index (χ1) is 9.69. The zero-order valence-electron chi connectivity index (χ0n) is 13.0. The number of unbranched alkanes of at least 4 members (excludes halogenated alkanes) is 2. The summed E-state index contributed by atoms with van der Waals surface area (Å²) in [5, 5.41) is 6.31. The van der Waals surface area contributed by atoms with Crippen LogP contribution in [0.2, 0.25) is 0 Å². The van der Waals surface area contributed by atoms with E-state index in [1.54, 1.807) is 0 Å². The molecule has 0 heterocycles. The van der Waals surface area contributed by atoms with E-state index in [2.05, 4.69) is 30.5 Å². The minimum Gasteiger partial charge on any atom is -0.374 e. The quantitative estimate of drug-likeness (QED) is 0.674. The van der Waals surface area contributed by atoms with E-state index in [9.17, 15) is 4.79 Å². The van der Waals surface area contributed by atoms with Gasteiger partial charge < -0.3 is 10.6 Å². The molecule has 1 aromatic rings. The summed E-state index contributed by atoms with van der Waals surface area (Å²) in [6.45, 7) is 7.02. The number of benzene rings is 1. The highest BCUT2D eigenvalue weighted by molar-refractivity contribution is 5.84. The Kier molecular flexibility index (Phi) is 7.78. The highest BCUT2D eigenvalue weighted by Gasteiger charge is 2.13. The number of hydrogen-bond acceptors (Lipinski definition) is 2. The lowest BCUT2D eigenvalue weighted by molar-refractivity contribution is -0.121. The molecule has 1 amide bonds. The number of carbonyl (C=O) groups excluding carboxylic acids is 1. The molecule has 0 spiro atoms. The molecular weight excluding hydrogens is 248 g/mol. The van der Waals surface area contributed by atoms with Crippen molar-refractivity contribution < 1.29 is 4.79 Å². The number of nitrogens with one attached hydrogen (secondary N) is 2. The summed E-state index contributed by atoms with van der Waals surface area (Å²) in [5.41, 5.74) is 2.35. The van der Waals surface area contributed by atoms with Crippen LogP contribution in [0.1, 0.15) is 52.0 Å². The van der Waals surface area contributed by atoms with Crippen molar-refractivity contribution in [1.82, 2.24) is 5.32 Å². The van der Waals surface area contributed by atoms with Crippen LogP contribution in [0.25, 0.3) is 0 Å². The second kappa shape index (κ2) is 9.40. The van der Waals surface area contributed by atoms with E-state index in [1.165, 1.54) is 18.4 Å². The number of rotatable bonds is 9. The third-order valence-electron chi connectivity index (χ3n) is 3.38. The van der Waals surface area contributed by atoms with Gasteiger partial charge in [-0.3, -0.25) is 4.79 Å². The topological polar surface area (TPSA) is 41.1 Å². The Balaban J connectivity index is 2.48. The number of aryl methyl sites for hydroxylation is 1. The maximum atomic E-state index is 12.0. The number of hydrogen-bond donors (Lipinski definition) is 2. The molecule has 0 bridgehead atoms. The Bertz CT molecular complexity index is 404. The second-order valence-electron chi connectivity index (χ2n) is 5.27. The lowest BCUT2D eigenvalue weighted by atomic mass is 10.1. The van der Waals surface area contributed by atoms with E-state index < -0.39 is 0 Å². The number of anilines is 1. The second-order valence-corrected chi connectivity index (χ2v) is 5.27. The van der Waals surface area contributed by atoms with Crippen LogP contribution in [0.5, 0.6) is 0 Å². The Morgan fingerprint density at radius 3 is 2.60 bits per heavy atom. The van der Waals surface area contributed by atoms with Gasteiger partial charge in [-0.1, -0.05) is 51.3 Å². The first kappa shape index (κ1) is 16.5. The average molecular weight is 276 g/mol. The van der Waals surface area contributed by atoms with Gasteiger partial charge in [0.1, 0.15) is 6.04 Å². The zero-order chi connectivity index (χ0) is 14.8. The molecule has 3 nitrogen and oxygen atoms in total. The van der Waals surface area contributed by atoms with E-state index in [-0.39, 0.29) is 11.9 Å². The summed E-state index contributed by atoms with van der Waals surface area (Å²) in [5.74, 6) is 0.0763. The summed E-state index contributed by atoms with van der Waals surface area (Å²) in [6, 6.07) is 8.03. The minimum absolute atomic E-state index is 0.0763. The summed E-state index contributed by atoms with van der Waals surface area (Å²) in [6.07, 6.45) is 5.54. The zero-order valence-corrected chi connectivity index (χ0v) is 13.0. The summed E-state index contributed by atoms with van der Waals surface area (Å²) in [7, 11) is 0. The molecule has 0 saturated carbocycles. The Morgan fingerprint density at radius 1 is 1.15 bits per heavy atom. The summed E-state index contributed by atoms with van der Waals surface area (Å²) < 4.78 is 0. The molecule has 1 atom stereocenters. The highest BCUT2D eigenvalue weighted by atomic mass is 16.2. The van der Waals surface area contributed by atoms with E-state index >= 15 is 0 Å². The van der Waals surface area contributed by atoms with Crippen LogP contribution < -0.4 is 10.6 Å². The lowest BCUT2D eigenvalue weighted by Crippen LogP contribution is -2.38. The van der Waals surface area contributed by atoms with E-state index in [4.69, 9.17) is 0 Å². The normalized spacial score (nSPS) is 11.9. The Morgan fingerprint density at radius 2 is 1.90 bits per heavy atom. The third-order valence-corrected chi connectivity index (χ3v) is 3.38. The molecule has 20 heavy (non-hydrogen) atoms. The van der Waals surface area contributed by atoms with Gasteiger partial charge in [-0.2, -0.15) is 0 Å². The fourth-order valence-corrected chi connectivity index (χ4v) is 2.19. The summed E-state index contributed by atoms with van der Waals surface area (Å²) >= 11 is 0. The average Bonchev–Trinajstić information content (AvgIpc) is 2.45. The molecule has 1 unspecified atom stereocenters. The molecule has 0 fully saturated rings. The molecule has 0 aliphatic rings. The van der Waals surface area contributed by atoms with Gasteiger partial charge >= 0.3 is 0 Å². The minimum atomic E-state index is -0.199. The van der Waals surface area contributed by atoms with Crippen molar-refractivity contribution in [3.8, 4) is 0 Å². The molecule has 112 valence electrons. The van der Waals surface area contributed by atoms with Crippen LogP contribution in [-0.4, -0.2) is 18.5 Å². The fourth-order valence-electron chi connectivity index (χ4n) is 2.19. The molecule has 1 aromatic carbocycles. The van der Waals surface area contributed by atoms with Crippen molar-refractivity contribution in [3.63, 3.8) is 0 Å². The predicted octanol–water partition coefficient (Wildman–Crippen LogP) is 3.75. The van der Waals surface area contributed by atoms with Crippen molar-refractivity contribution in [2.24, 2.45) is 0 Å². The van der Waals surface area contributed by atoms with Gasteiger partial charge in [0.05, 0.1) is 0 Å². The van der Waals surface area contributed by atoms with Crippen molar-refractivity contribution >= 4 is 11.6 Å². The Labute approximate surface area is 123 Å². The van der Waals surface area contributed by atoms with Crippen LogP contribution >= 0.6 is 0 Å². The fraction of sp³-hybridized carbons (Fsp3) is 0.588. The van der Waals surface area contributed by atoms with Gasteiger partial charge in [0.25, 0.3) is 0 Å². The van der Waals surface area contributed by atoms with Crippen LogP contribution in [0.3, 0.4) is 0 Å². The van der Waals surface area contributed by atoms with Crippen LogP contribution in [0.15, 0.2) is 24.3 Å². The number of para-hydroxylation sites is 1. The number of amides is 1. The first-order valence-electron chi connectivity index (χ1n) is 7.81. The van der Waals surface area contributed by atoms with Crippen LogP contribution in [-0.2, 0) is 11.2 Å². The molecule has 0 aromatic heterocycles. The SMILES string of the molecule is CCCCCNC(=O)C(C)Nc1ccccc1CCC. The summed E-state index contributed by atoms with van der Waals surface area (Å²) in [4.78, 5) is 12.0. The molecule has 1 rings (SSSR count). The van der Waals surface area contributed by atoms with Gasteiger partial charge in [-0.25, -0.2) is 0 Å². The molecule has 3 heteroatoms. The molecule has 0 aliphatic carbocycles. The van der Waals surface area contributed by atoms with Crippen LogP contribution in [0.4, 0.5) is 5.69 Å². The number of carbonyl (C=O) groups is 1. The van der Waals surface area contributed by atoms with Crippen molar-refractivity contribution in [2.75, 3.05) is 11.9 Å². The van der Waals surface area contributed by atoms with Crippen molar-refractivity contribution in [3.05, 3.63) is 29.8 Å². The van der Waals surface area contributed by atoms with Crippen molar-refractivity contribution in [2.45, 2.75) is 58.9 Å². The van der Waals surface area contributed by atoms with Gasteiger partial charge in [0, 0.05) is 12.2 Å². The third kappa shape index (κ3) is 5.64. The molecule has 2 N–H and O–H groups in total. The van der Waals surface area contributed by atoms with E-state index in [1.807, 2.05) is 25.1 Å². The van der Waals surface area contributed by atoms with Gasteiger partial charge in [-0.15, -0.1) is 0 Å². The smallest absolute Gasteiger partial charge is 0.242 e. The Hall–Kier alpha value is -1.51. The maximum absolute atomic E-state index is 12.0. The van der Waals surface area contributed by atoms with Crippen LogP contribution in [0, 0.1) is 0 Å². The molecule has 0 saturated heterocycles.